The number of hydrogen-bond donors (Lipinski definition) is 2. The number of rotatable bonds is 6. The number of anilines is 1. The van der Waals surface area contributed by atoms with E-state index in [2.05, 4.69) is 10.6 Å². The fourth-order valence-corrected chi connectivity index (χ4v) is 4.05. The molecule has 8 heteroatoms. The molecule has 0 unspecified atom stereocenters. The van der Waals surface area contributed by atoms with Crippen LogP contribution in [0.5, 0.6) is 0 Å². The minimum atomic E-state index is -0.532. The van der Waals surface area contributed by atoms with E-state index in [1.165, 1.54) is 29.8 Å². The van der Waals surface area contributed by atoms with Crippen molar-refractivity contribution in [3.63, 3.8) is 0 Å². The summed E-state index contributed by atoms with van der Waals surface area (Å²) in [5.41, 5.74) is -0.467. The Morgan fingerprint density at radius 3 is 2.65 bits per heavy atom. The van der Waals surface area contributed by atoms with Crippen LogP contribution in [0.25, 0.3) is 10.1 Å². The number of amides is 2. The maximum absolute atomic E-state index is 12.9. The molecule has 0 saturated carbocycles. The molecular weight excluding hydrogens is 372 g/mol. The van der Waals surface area contributed by atoms with Crippen LogP contribution in [0.15, 0.2) is 46.6 Å². The molecule has 2 amide bonds. The van der Waals surface area contributed by atoms with Gasteiger partial charge in [-0.3, -0.25) is 14.4 Å². The lowest BCUT2D eigenvalue weighted by molar-refractivity contribution is 0.0937. The molecule has 0 saturated heterocycles. The van der Waals surface area contributed by atoms with E-state index >= 15 is 0 Å². The molecule has 0 aliphatic carbocycles. The first-order chi connectivity index (χ1) is 12.6. The van der Waals surface area contributed by atoms with E-state index in [0.717, 1.165) is 0 Å². The van der Waals surface area contributed by atoms with Gasteiger partial charge in [-0.05, 0) is 23.6 Å². The lowest BCUT2D eigenvalue weighted by Gasteiger charge is -2.11. The summed E-state index contributed by atoms with van der Waals surface area (Å²) in [6.07, 6.45) is 0. The zero-order chi connectivity index (χ0) is 18.5. The monoisotopic (exact) mass is 388 g/mol. The molecule has 3 rings (SSSR count). The third kappa shape index (κ3) is 3.82. The van der Waals surface area contributed by atoms with E-state index in [1.807, 2.05) is 6.07 Å². The number of thiophene rings is 1. The molecule has 134 valence electrons. The van der Waals surface area contributed by atoms with Crippen molar-refractivity contribution in [2.45, 2.75) is 0 Å². The van der Waals surface area contributed by atoms with Crippen molar-refractivity contribution in [1.82, 2.24) is 5.32 Å². The van der Waals surface area contributed by atoms with Crippen LogP contribution in [-0.4, -0.2) is 32.1 Å². The largest absolute Gasteiger partial charge is 0.383 e. The summed E-state index contributed by atoms with van der Waals surface area (Å²) in [5.74, 6) is -0.882. The molecule has 2 N–H and O–H groups in total. The third-order valence-electron chi connectivity index (χ3n) is 3.59. The average molecular weight is 388 g/mol. The summed E-state index contributed by atoms with van der Waals surface area (Å²) in [5, 5.41) is 7.84. The Bertz CT molecular complexity index is 996. The van der Waals surface area contributed by atoms with Crippen molar-refractivity contribution in [2.24, 2.45) is 0 Å². The van der Waals surface area contributed by atoms with E-state index in [1.54, 1.807) is 35.7 Å². The van der Waals surface area contributed by atoms with Gasteiger partial charge in [0.2, 0.25) is 5.43 Å². The number of benzene rings is 1. The van der Waals surface area contributed by atoms with Gasteiger partial charge in [-0.1, -0.05) is 18.2 Å². The Hall–Kier alpha value is -2.55. The van der Waals surface area contributed by atoms with Gasteiger partial charge < -0.3 is 15.4 Å². The minimum absolute atomic E-state index is 0.0605. The van der Waals surface area contributed by atoms with E-state index < -0.39 is 11.3 Å². The Labute approximate surface area is 157 Å². The van der Waals surface area contributed by atoms with Crippen LogP contribution < -0.4 is 16.1 Å². The fourth-order valence-electron chi connectivity index (χ4n) is 2.36. The molecule has 0 spiro atoms. The van der Waals surface area contributed by atoms with Gasteiger partial charge >= 0.3 is 0 Å². The second-order valence-electron chi connectivity index (χ2n) is 5.31. The van der Waals surface area contributed by atoms with Gasteiger partial charge in [0, 0.05) is 23.7 Å². The van der Waals surface area contributed by atoms with E-state index in [4.69, 9.17) is 4.74 Å². The number of carbonyl (C=O) groups excluding carboxylic acids is 2. The molecule has 6 nitrogen and oxygen atoms in total. The van der Waals surface area contributed by atoms with Gasteiger partial charge in [-0.2, -0.15) is 0 Å². The van der Waals surface area contributed by atoms with Crippen molar-refractivity contribution < 1.29 is 14.3 Å². The Morgan fingerprint density at radius 1 is 1.12 bits per heavy atom. The number of ether oxygens (including phenoxy) is 1. The van der Waals surface area contributed by atoms with E-state index in [-0.39, 0.29) is 23.0 Å². The predicted molar refractivity (Wildman–Crippen MR) is 105 cm³/mol. The van der Waals surface area contributed by atoms with Crippen molar-refractivity contribution in [3.05, 3.63) is 62.4 Å². The van der Waals surface area contributed by atoms with Crippen LogP contribution in [0.4, 0.5) is 5.00 Å². The molecule has 0 aliphatic heterocycles. The molecule has 0 bridgehead atoms. The number of carbonyl (C=O) groups is 2. The first-order valence-corrected chi connectivity index (χ1v) is 9.49. The SMILES string of the molecule is COCCNC(=O)c1c(NC(=O)c2cccs2)sc2ccccc2c1=O. The molecule has 0 fully saturated rings. The van der Waals surface area contributed by atoms with Gasteiger partial charge in [0.15, 0.2) is 0 Å². The van der Waals surface area contributed by atoms with Crippen molar-refractivity contribution in [1.29, 1.82) is 0 Å². The molecule has 2 heterocycles. The lowest BCUT2D eigenvalue weighted by atomic mass is 10.2. The highest BCUT2D eigenvalue weighted by atomic mass is 32.1. The maximum atomic E-state index is 12.9. The van der Waals surface area contributed by atoms with Crippen molar-refractivity contribution in [2.75, 3.05) is 25.6 Å². The summed E-state index contributed by atoms with van der Waals surface area (Å²) >= 11 is 2.49. The Morgan fingerprint density at radius 2 is 1.92 bits per heavy atom. The van der Waals surface area contributed by atoms with Gasteiger partial charge in [0.1, 0.15) is 10.6 Å². The lowest BCUT2D eigenvalue weighted by Crippen LogP contribution is -2.32. The van der Waals surface area contributed by atoms with Crippen molar-refractivity contribution >= 4 is 49.6 Å². The second kappa shape index (κ2) is 8.22. The quantitative estimate of drug-likeness (QED) is 0.636. The highest BCUT2D eigenvalue weighted by Gasteiger charge is 2.21. The first kappa shape index (κ1) is 18.2. The topological polar surface area (TPSA) is 84.5 Å². The Balaban J connectivity index is 2.04. The molecule has 26 heavy (non-hydrogen) atoms. The van der Waals surface area contributed by atoms with E-state index in [0.29, 0.717) is 21.6 Å². The fraction of sp³-hybridized carbons (Fsp3) is 0.167. The summed E-state index contributed by atoms with van der Waals surface area (Å²) in [4.78, 5) is 38.3. The first-order valence-electron chi connectivity index (χ1n) is 7.79. The van der Waals surface area contributed by atoms with Crippen LogP contribution in [-0.2, 0) is 4.74 Å². The number of nitrogens with one attached hydrogen (secondary N) is 2. The second-order valence-corrected chi connectivity index (χ2v) is 7.31. The molecule has 0 aliphatic rings. The van der Waals surface area contributed by atoms with Gasteiger partial charge in [0.05, 0.1) is 11.5 Å². The molecule has 2 aromatic heterocycles. The third-order valence-corrected chi connectivity index (χ3v) is 5.54. The minimum Gasteiger partial charge on any atom is -0.383 e. The summed E-state index contributed by atoms with van der Waals surface area (Å²) in [7, 11) is 1.52. The normalized spacial score (nSPS) is 10.7. The van der Waals surface area contributed by atoms with Gasteiger partial charge in [-0.15, -0.1) is 22.7 Å². The standard InChI is InChI=1S/C18H16N2O4S2/c1-24-9-8-19-17(23)14-15(21)11-5-2-3-6-12(11)26-18(14)20-16(22)13-7-4-10-25-13/h2-7,10H,8-9H2,1H3,(H,19,23)(H,20,22). The van der Waals surface area contributed by atoms with Gasteiger partial charge in [0.25, 0.3) is 11.8 Å². The molecule has 0 radical (unpaired) electrons. The number of hydrogen-bond acceptors (Lipinski definition) is 6. The van der Waals surface area contributed by atoms with Crippen LogP contribution in [0, 0.1) is 0 Å². The number of fused-ring (bicyclic) bond motifs is 1. The molecule has 1 aromatic carbocycles. The summed E-state index contributed by atoms with van der Waals surface area (Å²) in [6.45, 7) is 0.596. The maximum Gasteiger partial charge on any atom is 0.266 e. The highest BCUT2D eigenvalue weighted by Crippen LogP contribution is 2.27. The zero-order valence-electron chi connectivity index (χ0n) is 13.9. The summed E-state index contributed by atoms with van der Waals surface area (Å²) in [6, 6.07) is 10.5. The zero-order valence-corrected chi connectivity index (χ0v) is 15.5. The van der Waals surface area contributed by atoms with Crippen LogP contribution in [0.3, 0.4) is 0 Å². The summed E-state index contributed by atoms with van der Waals surface area (Å²) < 4.78 is 5.62. The predicted octanol–water partition coefficient (Wildman–Crippen LogP) is 2.95. The molecular formula is C18H16N2O4S2. The van der Waals surface area contributed by atoms with Crippen LogP contribution in [0.1, 0.15) is 20.0 Å². The van der Waals surface area contributed by atoms with E-state index in [9.17, 15) is 14.4 Å². The molecule has 3 aromatic rings. The highest BCUT2D eigenvalue weighted by molar-refractivity contribution is 7.22. The Kier molecular flexibility index (Phi) is 5.77. The molecule has 0 atom stereocenters. The van der Waals surface area contributed by atoms with Gasteiger partial charge in [-0.25, -0.2) is 0 Å². The number of methoxy groups -OCH3 is 1. The van der Waals surface area contributed by atoms with Crippen LogP contribution in [0.2, 0.25) is 0 Å². The average Bonchev–Trinajstić information content (AvgIpc) is 3.17. The smallest absolute Gasteiger partial charge is 0.266 e. The van der Waals surface area contributed by atoms with Crippen LogP contribution >= 0.6 is 22.7 Å². The van der Waals surface area contributed by atoms with Crippen molar-refractivity contribution in [3.8, 4) is 0 Å².